The van der Waals surface area contributed by atoms with Gasteiger partial charge >= 0.3 is 0 Å². The lowest BCUT2D eigenvalue weighted by molar-refractivity contribution is 0.674. The van der Waals surface area contributed by atoms with Crippen LogP contribution in [0.15, 0.2) is 42.5 Å². The number of rotatable bonds is 5. The average Bonchev–Trinajstić information content (AvgIpc) is 2.38. The summed E-state index contributed by atoms with van der Waals surface area (Å²) in [4.78, 5) is 0. The van der Waals surface area contributed by atoms with Gasteiger partial charge in [0.1, 0.15) is 0 Å². The van der Waals surface area contributed by atoms with Crippen molar-refractivity contribution in [2.24, 2.45) is 5.73 Å². The van der Waals surface area contributed by atoms with E-state index in [1.165, 1.54) is 16.7 Å². The first-order valence-corrected chi connectivity index (χ1v) is 8.68. The molecule has 0 aliphatic heterocycles. The third-order valence-corrected chi connectivity index (χ3v) is 4.99. The Hall–Kier alpha value is -1.45. The first-order chi connectivity index (χ1) is 9.95. The smallest absolute Gasteiger partial charge is 0.0486 e. The molecule has 0 saturated heterocycles. The van der Waals surface area contributed by atoms with Crippen LogP contribution >= 0.6 is 0 Å². The molecule has 2 atom stereocenters. The second kappa shape index (κ2) is 7.01. The van der Waals surface area contributed by atoms with Crippen molar-refractivity contribution in [3.63, 3.8) is 0 Å². The van der Waals surface area contributed by atoms with E-state index in [1.54, 1.807) is 0 Å². The van der Waals surface area contributed by atoms with Gasteiger partial charge in [-0.1, -0.05) is 53.6 Å². The van der Waals surface area contributed by atoms with Crippen molar-refractivity contribution < 1.29 is 4.21 Å². The molecule has 0 spiro atoms. The molecular weight excluding hydrogens is 278 g/mol. The van der Waals surface area contributed by atoms with Crippen LogP contribution in [-0.4, -0.2) is 9.96 Å². The molecule has 0 amide bonds. The molecule has 0 bridgehead atoms. The van der Waals surface area contributed by atoms with Crippen molar-refractivity contribution in [1.82, 2.24) is 0 Å². The summed E-state index contributed by atoms with van der Waals surface area (Å²) < 4.78 is 12.3. The number of hydrogen-bond acceptors (Lipinski definition) is 2. The Kier molecular flexibility index (Phi) is 5.32. The quantitative estimate of drug-likeness (QED) is 0.917. The molecule has 0 aliphatic carbocycles. The van der Waals surface area contributed by atoms with Gasteiger partial charge in [0.25, 0.3) is 0 Å². The highest BCUT2D eigenvalue weighted by Crippen LogP contribution is 2.19. The van der Waals surface area contributed by atoms with Crippen molar-refractivity contribution in [1.29, 1.82) is 0 Å². The molecule has 21 heavy (non-hydrogen) atoms. The van der Waals surface area contributed by atoms with Crippen LogP contribution in [-0.2, 0) is 16.6 Å². The Balaban J connectivity index is 2.02. The second-order valence-electron chi connectivity index (χ2n) is 5.71. The van der Waals surface area contributed by atoms with E-state index < -0.39 is 10.8 Å². The van der Waals surface area contributed by atoms with Gasteiger partial charge in [-0.2, -0.15) is 0 Å². The minimum Gasteiger partial charge on any atom is -0.323 e. The van der Waals surface area contributed by atoms with E-state index in [2.05, 4.69) is 38.1 Å². The van der Waals surface area contributed by atoms with Crippen molar-refractivity contribution in [3.8, 4) is 0 Å². The molecule has 0 aliphatic rings. The van der Waals surface area contributed by atoms with Crippen molar-refractivity contribution >= 4 is 10.8 Å². The standard InChI is InChI=1S/C18H23NOS/c1-13-5-4-6-16(10-13)11-21(20)12-18(19)17-8-7-14(2)9-15(17)3/h4-10,18H,11-12,19H2,1-3H3. The highest BCUT2D eigenvalue weighted by Gasteiger charge is 2.13. The zero-order valence-electron chi connectivity index (χ0n) is 12.9. The van der Waals surface area contributed by atoms with Gasteiger partial charge in [0.2, 0.25) is 0 Å². The van der Waals surface area contributed by atoms with Gasteiger partial charge in [0, 0.05) is 28.3 Å². The number of benzene rings is 2. The highest BCUT2D eigenvalue weighted by atomic mass is 32.2. The zero-order valence-corrected chi connectivity index (χ0v) is 13.7. The predicted molar refractivity (Wildman–Crippen MR) is 90.7 cm³/mol. The molecule has 112 valence electrons. The molecule has 3 heteroatoms. The lowest BCUT2D eigenvalue weighted by atomic mass is 10.0. The van der Waals surface area contributed by atoms with E-state index in [-0.39, 0.29) is 6.04 Å². The van der Waals surface area contributed by atoms with Crippen LogP contribution < -0.4 is 5.73 Å². The molecule has 2 aromatic rings. The van der Waals surface area contributed by atoms with Crippen LogP contribution in [0.3, 0.4) is 0 Å². The summed E-state index contributed by atoms with van der Waals surface area (Å²) in [5.74, 6) is 1.07. The molecule has 2 aromatic carbocycles. The Morgan fingerprint density at radius 2 is 1.76 bits per heavy atom. The molecule has 2 rings (SSSR count). The normalized spacial score (nSPS) is 13.9. The average molecular weight is 301 g/mol. The molecule has 2 N–H and O–H groups in total. The molecule has 0 radical (unpaired) electrons. The predicted octanol–water partition coefficient (Wildman–Crippen LogP) is 3.56. The highest BCUT2D eigenvalue weighted by molar-refractivity contribution is 7.84. The number of aryl methyl sites for hydroxylation is 3. The molecule has 0 saturated carbocycles. The molecular formula is C18H23NOS. The van der Waals surface area contributed by atoms with Gasteiger partial charge in [0.15, 0.2) is 0 Å². The maximum absolute atomic E-state index is 12.3. The third-order valence-electron chi connectivity index (χ3n) is 3.60. The van der Waals surface area contributed by atoms with Gasteiger partial charge in [-0.25, -0.2) is 0 Å². The third kappa shape index (κ3) is 4.51. The summed E-state index contributed by atoms with van der Waals surface area (Å²) in [5, 5.41) is 0. The van der Waals surface area contributed by atoms with Crippen LogP contribution in [0.1, 0.15) is 33.9 Å². The molecule has 0 heterocycles. The lowest BCUT2D eigenvalue weighted by Crippen LogP contribution is -2.20. The molecule has 2 unspecified atom stereocenters. The van der Waals surface area contributed by atoms with E-state index in [1.807, 2.05) is 25.1 Å². The number of hydrogen-bond donors (Lipinski definition) is 1. The zero-order chi connectivity index (χ0) is 15.4. The van der Waals surface area contributed by atoms with Gasteiger partial charge in [-0.3, -0.25) is 4.21 Å². The molecule has 0 fully saturated rings. The minimum absolute atomic E-state index is 0.170. The minimum atomic E-state index is -0.948. The summed E-state index contributed by atoms with van der Waals surface area (Å²) in [7, 11) is -0.948. The maximum atomic E-state index is 12.3. The van der Waals surface area contributed by atoms with Crippen LogP contribution in [0.5, 0.6) is 0 Å². The SMILES string of the molecule is Cc1cccc(CS(=O)CC(N)c2ccc(C)cc2C)c1. The van der Waals surface area contributed by atoms with Crippen LogP contribution in [0, 0.1) is 20.8 Å². The van der Waals surface area contributed by atoms with E-state index in [9.17, 15) is 4.21 Å². The van der Waals surface area contributed by atoms with E-state index in [4.69, 9.17) is 5.73 Å². The summed E-state index contributed by atoms with van der Waals surface area (Å²) >= 11 is 0. The molecule has 0 aromatic heterocycles. The van der Waals surface area contributed by atoms with Crippen molar-refractivity contribution in [3.05, 3.63) is 70.3 Å². The van der Waals surface area contributed by atoms with E-state index >= 15 is 0 Å². The first kappa shape index (κ1) is 15.9. The lowest BCUT2D eigenvalue weighted by Gasteiger charge is -2.15. The van der Waals surface area contributed by atoms with E-state index in [0.717, 1.165) is 11.1 Å². The fourth-order valence-corrected chi connectivity index (χ4v) is 3.83. The van der Waals surface area contributed by atoms with Crippen LogP contribution in [0.2, 0.25) is 0 Å². The van der Waals surface area contributed by atoms with Crippen molar-refractivity contribution in [2.45, 2.75) is 32.6 Å². The Morgan fingerprint density at radius 3 is 2.43 bits per heavy atom. The number of nitrogens with two attached hydrogens (primary N) is 1. The summed E-state index contributed by atoms with van der Waals surface area (Å²) in [6, 6.07) is 14.2. The fraction of sp³-hybridized carbons (Fsp3) is 0.333. The van der Waals surface area contributed by atoms with Crippen molar-refractivity contribution in [2.75, 3.05) is 5.75 Å². The summed E-state index contributed by atoms with van der Waals surface area (Å²) in [6.45, 7) is 6.18. The Morgan fingerprint density at radius 1 is 1.05 bits per heavy atom. The Bertz CT molecular complexity index is 651. The van der Waals surface area contributed by atoms with E-state index in [0.29, 0.717) is 11.5 Å². The Labute approximate surface area is 129 Å². The summed E-state index contributed by atoms with van der Waals surface area (Å²) in [6.07, 6.45) is 0. The molecule has 2 nitrogen and oxygen atoms in total. The summed E-state index contributed by atoms with van der Waals surface area (Å²) in [5.41, 5.74) is 12.0. The van der Waals surface area contributed by atoms with Gasteiger partial charge < -0.3 is 5.73 Å². The van der Waals surface area contributed by atoms with Gasteiger partial charge in [-0.15, -0.1) is 0 Å². The largest absolute Gasteiger partial charge is 0.323 e. The van der Waals surface area contributed by atoms with Gasteiger partial charge in [-0.05, 0) is 37.5 Å². The van der Waals surface area contributed by atoms with Crippen LogP contribution in [0.25, 0.3) is 0 Å². The topological polar surface area (TPSA) is 43.1 Å². The van der Waals surface area contributed by atoms with Gasteiger partial charge in [0.05, 0.1) is 0 Å². The van der Waals surface area contributed by atoms with Crippen LogP contribution in [0.4, 0.5) is 0 Å². The second-order valence-corrected chi connectivity index (χ2v) is 7.21. The monoisotopic (exact) mass is 301 g/mol. The maximum Gasteiger partial charge on any atom is 0.0486 e. The fourth-order valence-electron chi connectivity index (χ4n) is 2.58. The first-order valence-electron chi connectivity index (χ1n) is 7.19.